The molecule has 5 N–H and O–H groups in total. The number of aromatic hydroxyl groups is 1. The van der Waals surface area contributed by atoms with E-state index >= 15 is 0 Å². The van der Waals surface area contributed by atoms with Gasteiger partial charge in [-0.25, -0.2) is 0 Å². The number of H-pyrrole nitrogens is 1. The number of carbonyl (C=O) groups excluding carboxylic acids is 1. The van der Waals surface area contributed by atoms with E-state index in [-0.39, 0.29) is 23.5 Å². The summed E-state index contributed by atoms with van der Waals surface area (Å²) in [4.78, 5) is 29.2. The Kier molecular flexibility index (Phi) is 3.50. The molecular weight excluding hydrogens is 236 g/mol. The van der Waals surface area contributed by atoms with E-state index in [1.165, 1.54) is 0 Å². The SMILES string of the molecule is Nc1nc(O)c(NC(=O)C2CCCCC2)c(=O)[nH]1. The van der Waals surface area contributed by atoms with Gasteiger partial charge in [-0.2, -0.15) is 4.98 Å². The molecule has 1 aliphatic carbocycles. The Balaban J connectivity index is 2.14. The van der Waals surface area contributed by atoms with Gasteiger partial charge in [0.05, 0.1) is 0 Å². The molecule has 0 radical (unpaired) electrons. The minimum Gasteiger partial charge on any atom is -0.492 e. The number of nitrogens with one attached hydrogen (secondary N) is 2. The van der Waals surface area contributed by atoms with E-state index in [0.717, 1.165) is 32.1 Å². The molecule has 1 aromatic rings. The van der Waals surface area contributed by atoms with Crippen LogP contribution in [0.1, 0.15) is 32.1 Å². The van der Waals surface area contributed by atoms with Gasteiger partial charge >= 0.3 is 0 Å². The van der Waals surface area contributed by atoms with Gasteiger partial charge in [0.2, 0.25) is 17.7 Å². The van der Waals surface area contributed by atoms with Gasteiger partial charge in [-0.3, -0.25) is 14.6 Å². The zero-order chi connectivity index (χ0) is 13.1. The molecule has 1 fully saturated rings. The van der Waals surface area contributed by atoms with Crippen LogP contribution >= 0.6 is 0 Å². The Labute approximate surface area is 103 Å². The van der Waals surface area contributed by atoms with Gasteiger partial charge in [-0.1, -0.05) is 19.3 Å². The number of hydrogen-bond donors (Lipinski definition) is 4. The molecule has 0 aliphatic heterocycles. The van der Waals surface area contributed by atoms with E-state index in [9.17, 15) is 14.7 Å². The lowest BCUT2D eigenvalue weighted by atomic mass is 9.88. The normalized spacial score (nSPS) is 16.4. The number of amides is 1. The van der Waals surface area contributed by atoms with Crippen molar-refractivity contribution in [2.24, 2.45) is 5.92 Å². The van der Waals surface area contributed by atoms with Crippen LogP contribution < -0.4 is 16.6 Å². The second-order valence-electron chi connectivity index (χ2n) is 4.47. The third-order valence-corrected chi connectivity index (χ3v) is 3.14. The predicted octanol–water partition coefficient (Wildman–Crippen LogP) is 0.576. The number of rotatable bonds is 2. The summed E-state index contributed by atoms with van der Waals surface area (Å²) in [6.07, 6.45) is 4.79. The quantitative estimate of drug-likeness (QED) is 0.613. The monoisotopic (exact) mass is 252 g/mol. The van der Waals surface area contributed by atoms with E-state index in [2.05, 4.69) is 15.3 Å². The highest BCUT2D eigenvalue weighted by Gasteiger charge is 2.23. The Bertz CT molecular complexity index is 506. The van der Waals surface area contributed by atoms with Crippen molar-refractivity contribution in [2.45, 2.75) is 32.1 Å². The minimum absolute atomic E-state index is 0.102. The number of aromatic nitrogens is 2. The lowest BCUT2D eigenvalue weighted by Crippen LogP contribution is -2.28. The summed E-state index contributed by atoms with van der Waals surface area (Å²) in [7, 11) is 0. The first-order valence-electron chi connectivity index (χ1n) is 5.97. The van der Waals surface area contributed by atoms with Crippen LogP contribution in [0.5, 0.6) is 5.88 Å². The van der Waals surface area contributed by atoms with Crippen LogP contribution in [0, 0.1) is 5.92 Å². The van der Waals surface area contributed by atoms with Gasteiger partial charge in [0.15, 0.2) is 5.69 Å². The van der Waals surface area contributed by atoms with Gasteiger partial charge < -0.3 is 16.2 Å². The molecule has 0 aromatic carbocycles. The van der Waals surface area contributed by atoms with Crippen LogP contribution in [0.25, 0.3) is 0 Å². The number of carbonyl (C=O) groups is 1. The van der Waals surface area contributed by atoms with Crippen molar-refractivity contribution in [3.8, 4) is 5.88 Å². The molecule has 7 nitrogen and oxygen atoms in total. The molecule has 7 heteroatoms. The van der Waals surface area contributed by atoms with E-state index < -0.39 is 11.4 Å². The molecule has 0 bridgehead atoms. The fourth-order valence-electron chi connectivity index (χ4n) is 2.18. The molecule has 0 unspecified atom stereocenters. The summed E-state index contributed by atoms with van der Waals surface area (Å²) < 4.78 is 0. The number of nitrogens with two attached hydrogens (primary N) is 1. The lowest BCUT2D eigenvalue weighted by Gasteiger charge is -2.20. The van der Waals surface area contributed by atoms with Crippen LogP contribution in [-0.4, -0.2) is 21.0 Å². The molecule has 0 atom stereocenters. The summed E-state index contributed by atoms with van der Waals surface area (Å²) in [6.45, 7) is 0. The lowest BCUT2D eigenvalue weighted by molar-refractivity contribution is -0.120. The molecule has 1 aliphatic rings. The Morgan fingerprint density at radius 2 is 2.06 bits per heavy atom. The number of aromatic amines is 1. The highest BCUT2D eigenvalue weighted by Crippen LogP contribution is 2.25. The Hall–Kier alpha value is -2.05. The van der Waals surface area contributed by atoms with Crippen molar-refractivity contribution in [3.63, 3.8) is 0 Å². The van der Waals surface area contributed by atoms with Crippen LogP contribution in [-0.2, 0) is 4.79 Å². The van der Waals surface area contributed by atoms with Gasteiger partial charge in [0.1, 0.15) is 0 Å². The average molecular weight is 252 g/mol. The van der Waals surface area contributed by atoms with E-state index in [4.69, 9.17) is 5.73 Å². The summed E-state index contributed by atoms with van der Waals surface area (Å²) in [5.74, 6) is -1.09. The standard InChI is InChI=1S/C11H16N4O3/c12-11-14-9(17)7(10(18)15-11)13-8(16)6-4-2-1-3-5-6/h6H,1-5H2,(H,13,16)(H4,12,14,15,17,18). The van der Waals surface area contributed by atoms with E-state index in [1.807, 2.05) is 0 Å². The fraction of sp³-hybridized carbons (Fsp3) is 0.545. The first kappa shape index (κ1) is 12.4. The first-order chi connectivity index (χ1) is 8.58. The molecular formula is C11H16N4O3. The molecule has 18 heavy (non-hydrogen) atoms. The van der Waals surface area contributed by atoms with Crippen molar-refractivity contribution in [3.05, 3.63) is 10.4 Å². The van der Waals surface area contributed by atoms with Gasteiger partial charge in [-0.05, 0) is 12.8 Å². The average Bonchev–Trinajstić information content (AvgIpc) is 2.34. The second-order valence-corrected chi connectivity index (χ2v) is 4.47. The third kappa shape index (κ3) is 2.61. The topological polar surface area (TPSA) is 121 Å². The summed E-state index contributed by atoms with van der Waals surface area (Å²) >= 11 is 0. The number of hydrogen-bond acceptors (Lipinski definition) is 5. The molecule has 1 saturated carbocycles. The molecule has 1 heterocycles. The van der Waals surface area contributed by atoms with Gasteiger partial charge in [0.25, 0.3) is 5.56 Å². The smallest absolute Gasteiger partial charge is 0.280 e. The summed E-state index contributed by atoms with van der Waals surface area (Å²) in [6, 6.07) is 0. The van der Waals surface area contributed by atoms with Crippen LogP contribution in [0.4, 0.5) is 11.6 Å². The van der Waals surface area contributed by atoms with Crippen molar-refractivity contribution in [1.29, 1.82) is 0 Å². The molecule has 0 saturated heterocycles. The Morgan fingerprint density at radius 1 is 1.39 bits per heavy atom. The molecule has 1 amide bonds. The molecule has 0 spiro atoms. The van der Waals surface area contributed by atoms with Crippen molar-refractivity contribution < 1.29 is 9.90 Å². The first-order valence-corrected chi connectivity index (χ1v) is 5.97. The summed E-state index contributed by atoms with van der Waals surface area (Å²) in [5, 5.41) is 11.9. The van der Waals surface area contributed by atoms with Gasteiger partial charge in [-0.15, -0.1) is 0 Å². The zero-order valence-corrected chi connectivity index (χ0v) is 9.90. The molecule has 98 valence electrons. The third-order valence-electron chi connectivity index (χ3n) is 3.14. The second kappa shape index (κ2) is 5.07. The molecule has 1 aromatic heterocycles. The van der Waals surface area contributed by atoms with Crippen molar-refractivity contribution in [1.82, 2.24) is 9.97 Å². The van der Waals surface area contributed by atoms with Crippen molar-refractivity contribution >= 4 is 17.5 Å². The van der Waals surface area contributed by atoms with E-state index in [0.29, 0.717) is 0 Å². The van der Waals surface area contributed by atoms with Crippen LogP contribution in [0.2, 0.25) is 0 Å². The fourth-order valence-corrected chi connectivity index (χ4v) is 2.18. The maximum Gasteiger partial charge on any atom is 0.280 e. The minimum atomic E-state index is -0.649. The van der Waals surface area contributed by atoms with E-state index in [1.54, 1.807) is 0 Å². The molecule has 2 rings (SSSR count). The van der Waals surface area contributed by atoms with Gasteiger partial charge in [0, 0.05) is 5.92 Å². The zero-order valence-electron chi connectivity index (χ0n) is 9.90. The summed E-state index contributed by atoms with van der Waals surface area (Å²) in [5.41, 5.74) is 4.38. The largest absolute Gasteiger partial charge is 0.492 e. The maximum absolute atomic E-state index is 11.9. The highest BCUT2D eigenvalue weighted by molar-refractivity contribution is 5.93. The van der Waals surface area contributed by atoms with Crippen LogP contribution in [0.15, 0.2) is 4.79 Å². The maximum atomic E-state index is 11.9. The number of nitrogens with zero attached hydrogens (tertiary/aromatic N) is 1. The van der Waals surface area contributed by atoms with Crippen molar-refractivity contribution in [2.75, 3.05) is 11.1 Å². The number of nitrogen functional groups attached to an aromatic ring is 1. The highest BCUT2D eigenvalue weighted by atomic mass is 16.3. The predicted molar refractivity (Wildman–Crippen MR) is 66.1 cm³/mol. The Morgan fingerprint density at radius 3 is 2.67 bits per heavy atom. The van der Waals surface area contributed by atoms with Crippen LogP contribution in [0.3, 0.4) is 0 Å². The number of anilines is 2.